The van der Waals surface area contributed by atoms with Crippen molar-refractivity contribution in [2.45, 2.75) is 13.0 Å². The molecule has 0 saturated carbocycles. The molecule has 0 heterocycles. The number of hydrogen-bond donors (Lipinski definition) is 2. The van der Waals surface area contributed by atoms with Crippen molar-refractivity contribution < 1.29 is 14.3 Å². The lowest BCUT2D eigenvalue weighted by atomic mass is 10.1. The number of ketones is 1. The number of carbonyl (C=O) groups excluding carboxylic acids is 1. The predicted octanol–water partition coefficient (Wildman–Crippen LogP) is 1.95. The second kappa shape index (κ2) is 7.79. The molecular formula is C16H17NO3P+. The van der Waals surface area contributed by atoms with Gasteiger partial charge in [0.05, 0.1) is 6.54 Å². The summed E-state index contributed by atoms with van der Waals surface area (Å²) in [5.41, 5.74) is 1.73. The summed E-state index contributed by atoms with van der Waals surface area (Å²) in [6.45, 7) is 0.869. The van der Waals surface area contributed by atoms with Crippen molar-refractivity contribution in [2.75, 3.05) is 6.54 Å². The van der Waals surface area contributed by atoms with E-state index in [0.29, 0.717) is 17.4 Å². The highest BCUT2D eigenvalue weighted by Gasteiger charge is 2.21. The summed E-state index contributed by atoms with van der Waals surface area (Å²) < 4.78 is 11.2. The summed E-state index contributed by atoms with van der Waals surface area (Å²) >= 11 is 0. The molecule has 2 rings (SSSR count). The Morgan fingerprint density at radius 1 is 1.05 bits per heavy atom. The van der Waals surface area contributed by atoms with Gasteiger partial charge in [-0.15, -0.1) is 0 Å². The first kappa shape index (κ1) is 15.5. The zero-order chi connectivity index (χ0) is 15.1. The van der Waals surface area contributed by atoms with Crippen LogP contribution in [0.15, 0.2) is 54.6 Å². The first-order valence-corrected chi connectivity index (χ1v) is 7.88. The zero-order valence-electron chi connectivity index (χ0n) is 11.5. The van der Waals surface area contributed by atoms with E-state index in [4.69, 9.17) is 0 Å². The van der Waals surface area contributed by atoms with Crippen LogP contribution in [0.2, 0.25) is 0 Å². The molecule has 0 aliphatic carbocycles. The summed E-state index contributed by atoms with van der Waals surface area (Å²) in [4.78, 5) is 21.2. The molecule has 1 unspecified atom stereocenters. The maximum atomic E-state index is 11.9. The average Bonchev–Trinajstić information content (AvgIpc) is 2.48. The van der Waals surface area contributed by atoms with E-state index >= 15 is 0 Å². The molecule has 0 aliphatic heterocycles. The van der Waals surface area contributed by atoms with Crippen molar-refractivity contribution >= 4 is 19.1 Å². The van der Waals surface area contributed by atoms with Gasteiger partial charge in [0.25, 0.3) is 0 Å². The molecule has 0 spiro atoms. The van der Waals surface area contributed by atoms with E-state index in [1.807, 2.05) is 30.3 Å². The lowest BCUT2D eigenvalue weighted by Gasteiger charge is -2.04. The first-order chi connectivity index (χ1) is 10.2. The third-order valence-corrected chi connectivity index (χ3v) is 3.93. The SMILES string of the molecule is O=C(CNCc1ccccc1)Cc1ccccc1[P+](=O)O. The molecule has 4 nitrogen and oxygen atoms in total. The van der Waals surface area contributed by atoms with Crippen LogP contribution in [0.25, 0.3) is 0 Å². The Bertz CT molecular complexity index is 628. The highest BCUT2D eigenvalue weighted by atomic mass is 31.1. The van der Waals surface area contributed by atoms with Gasteiger partial charge in [-0.3, -0.25) is 4.79 Å². The second-order valence-electron chi connectivity index (χ2n) is 4.71. The van der Waals surface area contributed by atoms with Crippen LogP contribution < -0.4 is 10.6 Å². The van der Waals surface area contributed by atoms with Crippen LogP contribution in [-0.4, -0.2) is 17.2 Å². The molecule has 0 bridgehead atoms. The lowest BCUT2D eigenvalue weighted by molar-refractivity contribution is -0.117. The highest BCUT2D eigenvalue weighted by Crippen LogP contribution is 2.16. The number of rotatable bonds is 7. The molecular weight excluding hydrogens is 285 g/mol. The van der Waals surface area contributed by atoms with Gasteiger partial charge in [0, 0.05) is 18.5 Å². The number of nitrogens with one attached hydrogen (secondary N) is 1. The smallest absolute Gasteiger partial charge is 0.306 e. The van der Waals surface area contributed by atoms with E-state index < -0.39 is 8.03 Å². The van der Waals surface area contributed by atoms with Gasteiger partial charge >= 0.3 is 8.03 Å². The van der Waals surface area contributed by atoms with Crippen LogP contribution in [0.3, 0.4) is 0 Å². The van der Waals surface area contributed by atoms with E-state index in [1.165, 1.54) is 0 Å². The van der Waals surface area contributed by atoms with Gasteiger partial charge in [-0.25, -0.2) is 0 Å². The van der Waals surface area contributed by atoms with Crippen LogP contribution in [0.4, 0.5) is 0 Å². The Morgan fingerprint density at radius 2 is 1.71 bits per heavy atom. The van der Waals surface area contributed by atoms with E-state index in [9.17, 15) is 14.3 Å². The van der Waals surface area contributed by atoms with Crippen molar-refractivity contribution in [3.63, 3.8) is 0 Å². The van der Waals surface area contributed by atoms with Crippen LogP contribution in [0.5, 0.6) is 0 Å². The van der Waals surface area contributed by atoms with E-state index in [2.05, 4.69) is 5.32 Å². The topological polar surface area (TPSA) is 66.4 Å². The zero-order valence-corrected chi connectivity index (χ0v) is 12.4. The lowest BCUT2D eigenvalue weighted by Crippen LogP contribution is -2.25. The summed E-state index contributed by atoms with van der Waals surface area (Å²) in [7, 11) is -2.42. The minimum atomic E-state index is -2.42. The normalized spacial score (nSPS) is 11.2. The summed E-state index contributed by atoms with van der Waals surface area (Å²) in [5.74, 6) is -0.00442. The number of Topliss-reactive ketones (excluding diaryl/α,β-unsaturated/α-hetero) is 1. The van der Waals surface area contributed by atoms with Crippen molar-refractivity contribution in [1.82, 2.24) is 5.32 Å². The van der Waals surface area contributed by atoms with E-state index in [1.54, 1.807) is 24.3 Å². The van der Waals surface area contributed by atoms with Gasteiger partial charge in [-0.05, 0) is 16.2 Å². The van der Waals surface area contributed by atoms with Gasteiger partial charge in [-0.2, -0.15) is 4.89 Å². The maximum Gasteiger partial charge on any atom is 0.546 e. The fourth-order valence-electron chi connectivity index (χ4n) is 2.06. The second-order valence-corrected chi connectivity index (χ2v) is 5.73. The Labute approximate surface area is 124 Å². The Kier molecular flexibility index (Phi) is 5.76. The van der Waals surface area contributed by atoms with Crippen molar-refractivity contribution in [1.29, 1.82) is 0 Å². The molecule has 0 aromatic heterocycles. The number of benzene rings is 2. The van der Waals surface area contributed by atoms with Gasteiger partial charge in [0.15, 0.2) is 5.78 Å². The Morgan fingerprint density at radius 3 is 2.43 bits per heavy atom. The Hall–Kier alpha value is -1.87. The fourth-order valence-corrected chi connectivity index (χ4v) is 2.68. The average molecular weight is 302 g/mol. The molecule has 2 N–H and O–H groups in total. The minimum Gasteiger partial charge on any atom is -0.306 e. The molecule has 21 heavy (non-hydrogen) atoms. The van der Waals surface area contributed by atoms with Gasteiger partial charge in [0.1, 0.15) is 0 Å². The molecule has 0 radical (unpaired) electrons. The van der Waals surface area contributed by atoms with Crippen molar-refractivity contribution in [3.8, 4) is 0 Å². The van der Waals surface area contributed by atoms with Gasteiger partial charge in [0.2, 0.25) is 5.30 Å². The van der Waals surface area contributed by atoms with Crippen LogP contribution in [0, 0.1) is 0 Å². The van der Waals surface area contributed by atoms with Crippen LogP contribution in [-0.2, 0) is 22.3 Å². The van der Waals surface area contributed by atoms with Gasteiger partial charge < -0.3 is 5.32 Å². The Balaban J connectivity index is 1.86. The molecule has 5 heteroatoms. The predicted molar refractivity (Wildman–Crippen MR) is 82.8 cm³/mol. The third-order valence-electron chi connectivity index (χ3n) is 3.08. The van der Waals surface area contributed by atoms with Crippen LogP contribution >= 0.6 is 8.03 Å². The van der Waals surface area contributed by atoms with Crippen molar-refractivity contribution in [3.05, 3.63) is 65.7 Å². The molecule has 0 amide bonds. The monoisotopic (exact) mass is 302 g/mol. The largest absolute Gasteiger partial charge is 0.546 e. The van der Waals surface area contributed by atoms with Crippen LogP contribution in [0.1, 0.15) is 11.1 Å². The standard InChI is InChI=1S/C16H16NO3P/c18-15(12-17-11-13-6-2-1-3-7-13)10-14-8-4-5-9-16(14)21(19)20/h1-9,17H,10-12H2/p+1. The summed E-state index contributed by atoms with van der Waals surface area (Å²) in [5, 5.41) is 3.42. The molecule has 2 aromatic carbocycles. The molecule has 2 aromatic rings. The minimum absolute atomic E-state index is 0.00442. The molecule has 0 saturated heterocycles. The number of carbonyl (C=O) groups is 1. The summed E-state index contributed by atoms with van der Waals surface area (Å²) in [6, 6.07) is 16.6. The molecule has 108 valence electrons. The van der Waals surface area contributed by atoms with Crippen molar-refractivity contribution in [2.24, 2.45) is 0 Å². The number of hydrogen-bond acceptors (Lipinski definition) is 3. The quantitative estimate of drug-likeness (QED) is 0.767. The molecule has 1 atom stereocenters. The molecule has 0 aliphatic rings. The van der Waals surface area contributed by atoms with E-state index in [0.717, 1.165) is 5.56 Å². The van der Waals surface area contributed by atoms with Gasteiger partial charge in [-0.1, -0.05) is 48.5 Å². The van der Waals surface area contributed by atoms with E-state index in [-0.39, 0.29) is 18.7 Å². The first-order valence-electron chi connectivity index (χ1n) is 6.67. The summed E-state index contributed by atoms with van der Waals surface area (Å²) in [6.07, 6.45) is 0.166. The molecule has 0 fully saturated rings. The highest BCUT2D eigenvalue weighted by molar-refractivity contribution is 7.47. The fraction of sp³-hybridized carbons (Fsp3) is 0.188. The third kappa shape index (κ3) is 4.87. The maximum absolute atomic E-state index is 11.9.